The van der Waals surface area contributed by atoms with Gasteiger partial charge < -0.3 is 29.4 Å². The van der Waals surface area contributed by atoms with Crippen LogP contribution in [0.3, 0.4) is 0 Å². The molecule has 0 fully saturated rings. The zero-order valence-corrected chi connectivity index (χ0v) is 25.8. The molecule has 8 nitrogen and oxygen atoms in total. The van der Waals surface area contributed by atoms with E-state index >= 15 is 0 Å². The molecule has 46 heavy (non-hydrogen) atoms. The van der Waals surface area contributed by atoms with Crippen molar-refractivity contribution in [2.75, 3.05) is 13.2 Å². The van der Waals surface area contributed by atoms with Crippen molar-refractivity contribution in [3.63, 3.8) is 0 Å². The van der Waals surface area contributed by atoms with Crippen LogP contribution in [0.25, 0.3) is 0 Å². The van der Waals surface area contributed by atoms with Crippen LogP contribution >= 0.6 is 0 Å². The lowest BCUT2D eigenvalue weighted by molar-refractivity contribution is 0.0734. The molecule has 4 aromatic rings. The molecule has 0 radical (unpaired) electrons. The first-order valence-corrected chi connectivity index (χ1v) is 15.2. The number of fused-ring (bicyclic) bond motifs is 1. The SMILES string of the molecule is CCCCCOc1ccc(C(=O)Oc2ccc3c(c2)OC(N)=C(C#N)C3c2ccc(OCc3ccc(F)cc3)c(OCC)c2)cc1. The summed E-state index contributed by atoms with van der Waals surface area (Å²) in [6, 6.07) is 25.4. The van der Waals surface area contributed by atoms with Gasteiger partial charge in [-0.3, -0.25) is 0 Å². The summed E-state index contributed by atoms with van der Waals surface area (Å²) < 4.78 is 42.4. The number of hydrogen-bond donors (Lipinski definition) is 1. The van der Waals surface area contributed by atoms with Gasteiger partial charge in [0.25, 0.3) is 0 Å². The average Bonchev–Trinajstić information content (AvgIpc) is 3.06. The first-order chi connectivity index (χ1) is 22.4. The number of nitrogens with zero attached hydrogens (tertiary/aromatic N) is 1. The van der Waals surface area contributed by atoms with Crippen LogP contribution in [-0.2, 0) is 6.61 Å². The third-order valence-corrected chi connectivity index (χ3v) is 7.42. The van der Waals surface area contributed by atoms with E-state index in [-0.39, 0.29) is 29.6 Å². The van der Waals surface area contributed by atoms with E-state index in [1.54, 1.807) is 66.7 Å². The smallest absolute Gasteiger partial charge is 0.343 e. The highest BCUT2D eigenvalue weighted by Crippen LogP contribution is 2.45. The Bertz CT molecular complexity index is 1750. The predicted molar refractivity (Wildman–Crippen MR) is 171 cm³/mol. The molecule has 0 saturated carbocycles. The highest BCUT2D eigenvalue weighted by Gasteiger charge is 2.32. The van der Waals surface area contributed by atoms with Crippen molar-refractivity contribution >= 4 is 5.97 Å². The number of allylic oxidation sites excluding steroid dienone is 1. The maximum absolute atomic E-state index is 13.3. The summed E-state index contributed by atoms with van der Waals surface area (Å²) in [5.74, 6) is 0.804. The van der Waals surface area contributed by atoms with E-state index in [9.17, 15) is 14.4 Å². The maximum Gasteiger partial charge on any atom is 0.343 e. The minimum Gasteiger partial charge on any atom is -0.494 e. The minimum atomic E-state index is -0.575. The molecule has 9 heteroatoms. The number of esters is 1. The van der Waals surface area contributed by atoms with Gasteiger partial charge in [0, 0.05) is 11.6 Å². The number of carbonyl (C=O) groups excluding carboxylic acids is 1. The quantitative estimate of drug-likeness (QED) is 0.0913. The van der Waals surface area contributed by atoms with Gasteiger partial charge in [-0.1, -0.05) is 44.0 Å². The van der Waals surface area contributed by atoms with Gasteiger partial charge in [-0.15, -0.1) is 0 Å². The summed E-state index contributed by atoms with van der Waals surface area (Å²) in [7, 11) is 0. The average molecular weight is 623 g/mol. The molecule has 0 amide bonds. The van der Waals surface area contributed by atoms with E-state index in [0.717, 1.165) is 30.4 Å². The van der Waals surface area contributed by atoms with Crippen LogP contribution in [-0.4, -0.2) is 19.2 Å². The summed E-state index contributed by atoms with van der Waals surface area (Å²) in [5, 5.41) is 10.0. The fourth-order valence-electron chi connectivity index (χ4n) is 5.07. The first-order valence-electron chi connectivity index (χ1n) is 15.2. The van der Waals surface area contributed by atoms with E-state index in [1.165, 1.54) is 12.1 Å². The van der Waals surface area contributed by atoms with Crippen LogP contribution in [0.15, 0.2) is 96.4 Å². The number of benzene rings is 4. The predicted octanol–water partition coefficient (Wildman–Crippen LogP) is 7.81. The molecule has 0 aromatic heterocycles. The summed E-state index contributed by atoms with van der Waals surface area (Å²) in [6.45, 7) is 5.22. The second kappa shape index (κ2) is 15.0. The van der Waals surface area contributed by atoms with Crippen molar-refractivity contribution in [3.8, 4) is 34.8 Å². The first kappa shape index (κ1) is 31.9. The zero-order valence-electron chi connectivity index (χ0n) is 25.8. The van der Waals surface area contributed by atoms with Crippen LogP contribution < -0.4 is 29.4 Å². The number of unbranched alkanes of at least 4 members (excludes halogenated alkanes) is 2. The highest BCUT2D eigenvalue weighted by atomic mass is 19.1. The lowest BCUT2D eigenvalue weighted by Crippen LogP contribution is -2.21. The van der Waals surface area contributed by atoms with Gasteiger partial charge >= 0.3 is 5.97 Å². The normalized spacial score (nSPS) is 13.7. The number of nitrogens with two attached hydrogens (primary N) is 1. The Morgan fingerprint density at radius 1 is 0.891 bits per heavy atom. The standard InChI is InChI=1S/C37H35FN2O6/c1-3-5-6-19-43-28-14-9-25(10-15-28)37(41)45-29-16-17-30-33(21-29)46-36(40)31(22-39)35(30)26-11-18-32(34(20-26)42-4-2)44-23-24-7-12-27(38)13-8-24/h7-18,20-21,35H,3-6,19,23,40H2,1-2H3. The molecular formula is C37H35FN2O6. The minimum absolute atomic E-state index is 0.0485. The molecule has 1 unspecified atom stereocenters. The van der Waals surface area contributed by atoms with Crippen molar-refractivity contribution in [2.24, 2.45) is 5.73 Å². The lowest BCUT2D eigenvalue weighted by Gasteiger charge is -2.27. The van der Waals surface area contributed by atoms with Gasteiger partial charge in [-0.05, 0) is 79.1 Å². The largest absolute Gasteiger partial charge is 0.494 e. The van der Waals surface area contributed by atoms with Crippen molar-refractivity contribution in [2.45, 2.75) is 45.6 Å². The van der Waals surface area contributed by atoms with Crippen LogP contribution in [0.2, 0.25) is 0 Å². The second-order valence-corrected chi connectivity index (χ2v) is 10.6. The second-order valence-electron chi connectivity index (χ2n) is 10.6. The molecule has 4 aromatic carbocycles. The summed E-state index contributed by atoms with van der Waals surface area (Å²) in [5.41, 5.74) is 9.01. The number of rotatable bonds is 13. The molecule has 0 saturated heterocycles. The molecule has 1 heterocycles. The topological polar surface area (TPSA) is 113 Å². The van der Waals surface area contributed by atoms with E-state index < -0.39 is 11.9 Å². The number of nitriles is 1. The molecule has 1 atom stereocenters. The van der Waals surface area contributed by atoms with Crippen molar-refractivity contribution in [1.29, 1.82) is 5.26 Å². The van der Waals surface area contributed by atoms with E-state index in [1.807, 2.05) is 13.0 Å². The number of hydrogen-bond acceptors (Lipinski definition) is 8. The third kappa shape index (κ3) is 7.59. The molecule has 2 N–H and O–H groups in total. The number of carbonyl (C=O) groups is 1. The number of ether oxygens (including phenoxy) is 5. The Morgan fingerprint density at radius 3 is 2.37 bits per heavy atom. The van der Waals surface area contributed by atoms with Gasteiger partial charge in [0.15, 0.2) is 11.5 Å². The van der Waals surface area contributed by atoms with Gasteiger partial charge in [-0.2, -0.15) is 5.26 Å². The van der Waals surface area contributed by atoms with Gasteiger partial charge in [0.1, 0.15) is 41.3 Å². The van der Waals surface area contributed by atoms with E-state index in [4.69, 9.17) is 29.4 Å². The Hall–Kier alpha value is -5.49. The van der Waals surface area contributed by atoms with Gasteiger partial charge in [-0.25, -0.2) is 9.18 Å². The Labute approximate surface area is 267 Å². The molecule has 1 aliphatic heterocycles. The molecule has 236 valence electrons. The van der Waals surface area contributed by atoms with Crippen LogP contribution in [0.5, 0.6) is 28.7 Å². The fourth-order valence-corrected chi connectivity index (χ4v) is 5.07. The number of halogens is 1. The van der Waals surface area contributed by atoms with E-state index in [2.05, 4.69) is 13.0 Å². The lowest BCUT2D eigenvalue weighted by atomic mass is 9.83. The highest BCUT2D eigenvalue weighted by molar-refractivity contribution is 5.91. The Kier molecular flexibility index (Phi) is 10.4. The molecule has 0 aliphatic carbocycles. The van der Waals surface area contributed by atoms with Crippen molar-refractivity contribution in [1.82, 2.24) is 0 Å². The van der Waals surface area contributed by atoms with Crippen LogP contribution in [0.1, 0.15) is 66.1 Å². The summed E-state index contributed by atoms with van der Waals surface area (Å²) in [6.07, 6.45) is 3.19. The molecular weight excluding hydrogens is 587 g/mol. The third-order valence-electron chi connectivity index (χ3n) is 7.42. The Balaban J connectivity index is 1.35. The summed E-state index contributed by atoms with van der Waals surface area (Å²) in [4.78, 5) is 12.9. The fraction of sp³-hybridized carbons (Fsp3) is 0.243. The van der Waals surface area contributed by atoms with Crippen LogP contribution in [0, 0.1) is 17.1 Å². The summed E-state index contributed by atoms with van der Waals surface area (Å²) >= 11 is 0. The van der Waals surface area contributed by atoms with E-state index in [0.29, 0.717) is 47.3 Å². The van der Waals surface area contributed by atoms with Gasteiger partial charge in [0.2, 0.25) is 5.88 Å². The molecule has 1 aliphatic rings. The monoisotopic (exact) mass is 622 g/mol. The van der Waals surface area contributed by atoms with Crippen molar-refractivity contribution in [3.05, 3.63) is 124 Å². The Morgan fingerprint density at radius 2 is 1.65 bits per heavy atom. The van der Waals surface area contributed by atoms with Crippen molar-refractivity contribution < 1.29 is 32.9 Å². The molecule has 0 bridgehead atoms. The maximum atomic E-state index is 13.3. The van der Waals surface area contributed by atoms with Crippen LogP contribution in [0.4, 0.5) is 4.39 Å². The zero-order chi connectivity index (χ0) is 32.5. The van der Waals surface area contributed by atoms with Gasteiger partial charge in [0.05, 0.1) is 24.7 Å². The molecule has 5 rings (SSSR count). The molecule has 0 spiro atoms.